The highest BCUT2D eigenvalue weighted by atomic mass is 79.9. The van der Waals surface area contributed by atoms with Crippen LogP contribution in [0, 0.1) is 23.0 Å². The van der Waals surface area contributed by atoms with Crippen LogP contribution in [0.1, 0.15) is 27.5 Å². The molecule has 2 aliphatic heterocycles. The van der Waals surface area contributed by atoms with Crippen LogP contribution >= 0.6 is 39.0 Å². The topological polar surface area (TPSA) is 123 Å². The van der Waals surface area contributed by atoms with E-state index in [4.69, 9.17) is 4.74 Å². The van der Waals surface area contributed by atoms with E-state index in [1.165, 1.54) is 23.1 Å². The van der Waals surface area contributed by atoms with Gasteiger partial charge >= 0.3 is 4.87 Å². The average Bonchev–Trinajstić information content (AvgIpc) is 3.43. The van der Waals surface area contributed by atoms with E-state index in [9.17, 15) is 24.5 Å². The lowest BCUT2D eigenvalue weighted by molar-refractivity contribution is -0.385. The maximum Gasteiger partial charge on any atom is 0.305 e. The number of aromatic nitrogens is 1. The number of nitrogens with one attached hydrogen (secondary N) is 1. The van der Waals surface area contributed by atoms with Gasteiger partial charge in [-0.1, -0.05) is 63.3 Å². The van der Waals surface area contributed by atoms with Crippen LogP contribution in [0.4, 0.5) is 11.4 Å². The maximum atomic E-state index is 14.0. The van der Waals surface area contributed by atoms with Gasteiger partial charge in [-0.2, -0.15) is 0 Å². The van der Waals surface area contributed by atoms with Crippen molar-refractivity contribution in [3.05, 3.63) is 113 Å². The first-order valence-electron chi connectivity index (χ1n) is 12.2. The van der Waals surface area contributed by atoms with Crippen molar-refractivity contribution in [3.63, 3.8) is 0 Å². The minimum atomic E-state index is -0.900. The molecule has 3 atom stereocenters. The second kappa shape index (κ2) is 10.3. The zero-order valence-corrected chi connectivity index (χ0v) is 24.0. The van der Waals surface area contributed by atoms with Crippen molar-refractivity contribution < 1.29 is 19.2 Å². The Balaban J connectivity index is 1.48. The Bertz CT molecular complexity index is 1730. The Hall–Kier alpha value is -3.74. The highest BCUT2D eigenvalue weighted by Gasteiger charge is 2.57. The Morgan fingerprint density at radius 3 is 2.52 bits per heavy atom. The zero-order valence-electron chi connectivity index (χ0n) is 20.8. The molecule has 0 unspecified atom stereocenters. The number of aromatic amines is 1. The number of non-ortho nitro benzene ring substituents is 1. The first-order valence-corrected chi connectivity index (χ1v) is 14.7. The van der Waals surface area contributed by atoms with E-state index < -0.39 is 33.8 Å². The van der Waals surface area contributed by atoms with Gasteiger partial charge in [-0.25, -0.2) is 4.90 Å². The van der Waals surface area contributed by atoms with Gasteiger partial charge < -0.3 is 9.72 Å². The number of aryl methyl sites for hydroxylation is 1. The van der Waals surface area contributed by atoms with Crippen molar-refractivity contribution in [2.75, 3.05) is 4.90 Å². The molecular weight excluding hydrogens is 618 g/mol. The number of nitro benzene ring substituents is 1. The highest BCUT2D eigenvalue weighted by Crippen LogP contribution is 2.55. The van der Waals surface area contributed by atoms with Crippen molar-refractivity contribution in [3.8, 4) is 5.75 Å². The van der Waals surface area contributed by atoms with E-state index in [1.807, 2.05) is 31.2 Å². The van der Waals surface area contributed by atoms with Crippen LogP contribution in [0.25, 0.3) is 0 Å². The summed E-state index contributed by atoms with van der Waals surface area (Å²) in [6.07, 6.45) is 0. The number of hydrogen-bond acceptors (Lipinski definition) is 8. The van der Waals surface area contributed by atoms with Gasteiger partial charge in [0.2, 0.25) is 11.8 Å². The highest BCUT2D eigenvalue weighted by molar-refractivity contribution is 9.10. The van der Waals surface area contributed by atoms with Crippen LogP contribution in [-0.2, 0) is 16.2 Å². The van der Waals surface area contributed by atoms with Gasteiger partial charge in [-0.3, -0.25) is 24.5 Å². The first-order chi connectivity index (χ1) is 19.2. The molecule has 1 N–H and O–H groups in total. The van der Waals surface area contributed by atoms with Gasteiger partial charge in [-0.15, -0.1) is 0 Å². The van der Waals surface area contributed by atoms with Gasteiger partial charge in [0, 0.05) is 33.0 Å². The second-order valence-electron chi connectivity index (χ2n) is 9.43. The number of anilines is 1. The summed E-state index contributed by atoms with van der Waals surface area (Å²) < 4.78 is 7.02. The molecule has 0 saturated carbocycles. The number of carbonyl (C=O) groups excluding carboxylic acids is 2. The van der Waals surface area contributed by atoms with E-state index in [0.717, 1.165) is 38.7 Å². The van der Waals surface area contributed by atoms with Crippen LogP contribution in [0.5, 0.6) is 5.75 Å². The Kier molecular flexibility index (Phi) is 6.85. The number of nitro groups is 1. The Morgan fingerprint density at radius 1 is 1.05 bits per heavy atom. The zero-order chi connectivity index (χ0) is 28.1. The molecule has 2 aliphatic rings. The maximum absolute atomic E-state index is 14.0. The summed E-state index contributed by atoms with van der Waals surface area (Å²) in [4.78, 5) is 55.6. The van der Waals surface area contributed by atoms with Crippen LogP contribution in [0.2, 0.25) is 0 Å². The van der Waals surface area contributed by atoms with Crippen molar-refractivity contribution in [1.29, 1.82) is 0 Å². The quantitative estimate of drug-likeness (QED) is 0.161. The largest absolute Gasteiger partial charge is 0.489 e. The third-order valence-electron chi connectivity index (χ3n) is 7.09. The molecule has 0 radical (unpaired) electrons. The van der Waals surface area contributed by atoms with Crippen molar-refractivity contribution in [2.24, 2.45) is 5.92 Å². The number of H-pyrrole nitrogens is 1. The molecule has 3 aromatic carbocycles. The minimum absolute atomic E-state index is 0.181. The van der Waals surface area contributed by atoms with E-state index in [-0.39, 0.29) is 17.2 Å². The van der Waals surface area contributed by atoms with E-state index in [0.29, 0.717) is 26.9 Å². The molecule has 202 valence electrons. The van der Waals surface area contributed by atoms with Gasteiger partial charge in [0.1, 0.15) is 17.6 Å². The first kappa shape index (κ1) is 26.5. The van der Waals surface area contributed by atoms with E-state index in [2.05, 4.69) is 20.9 Å². The van der Waals surface area contributed by atoms with Crippen LogP contribution in [-0.4, -0.2) is 27.0 Å². The number of amides is 2. The lowest BCUT2D eigenvalue weighted by Crippen LogP contribution is -2.32. The van der Waals surface area contributed by atoms with E-state index in [1.54, 1.807) is 24.3 Å². The van der Waals surface area contributed by atoms with Gasteiger partial charge in [0.25, 0.3) is 5.69 Å². The molecule has 0 spiro atoms. The molecule has 0 aliphatic carbocycles. The normalized spacial score (nSPS) is 19.9. The summed E-state index contributed by atoms with van der Waals surface area (Å²) in [5.74, 6) is -2.20. The molecular formula is C28H20BrN3O6S2. The van der Waals surface area contributed by atoms with Gasteiger partial charge in [0.05, 0.1) is 21.6 Å². The van der Waals surface area contributed by atoms with Crippen molar-refractivity contribution in [1.82, 2.24) is 4.98 Å². The number of fused-ring (bicyclic) bond motifs is 2. The molecule has 3 heterocycles. The Labute approximate surface area is 244 Å². The summed E-state index contributed by atoms with van der Waals surface area (Å²) in [7, 11) is 0. The number of thiazole rings is 1. The monoisotopic (exact) mass is 637 g/mol. The summed E-state index contributed by atoms with van der Waals surface area (Å²) in [6.45, 7) is 2.16. The lowest BCUT2D eigenvalue weighted by atomic mass is 9.82. The molecule has 6 rings (SSSR count). The fourth-order valence-corrected chi connectivity index (χ4v) is 7.92. The molecule has 0 bridgehead atoms. The van der Waals surface area contributed by atoms with Crippen molar-refractivity contribution >= 4 is 62.2 Å². The van der Waals surface area contributed by atoms with Crippen LogP contribution in [0.15, 0.2) is 81.0 Å². The fraction of sp³-hybridized carbons (Fsp3) is 0.179. The van der Waals surface area contributed by atoms with Crippen LogP contribution < -0.4 is 14.5 Å². The summed E-state index contributed by atoms with van der Waals surface area (Å²) in [5.41, 5.74) is 2.59. The number of thioether (sulfide) groups is 1. The van der Waals surface area contributed by atoms with Gasteiger partial charge in [0.15, 0.2) is 0 Å². The number of ether oxygens (including phenoxy) is 1. The lowest BCUT2D eigenvalue weighted by Gasteiger charge is -2.30. The molecule has 2 amide bonds. The number of rotatable bonds is 6. The molecule has 40 heavy (non-hydrogen) atoms. The minimum Gasteiger partial charge on any atom is -0.489 e. The smallest absolute Gasteiger partial charge is 0.305 e. The number of carbonyl (C=O) groups is 2. The molecule has 9 nitrogen and oxygen atoms in total. The molecule has 1 fully saturated rings. The number of nitrogens with zero attached hydrogens (tertiary/aromatic N) is 2. The fourth-order valence-electron chi connectivity index (χ4n) is 5.15. The molecule has 12 heteroatoms. The standard InChI is InChI=1S/C28H20BrN3O6S2/c1-14-4-2-3-5-15(14)13-38-20-11-10-18(32(36)37)12-19(20)21-22-24(39-25-23(21)40-28(35)30-25)27(34)31(26(22)33)17-8-6-16(29)7-9-17/h2-12,21-22,24H,13H2,1H3,(H,30,35)/t21-,22-,24+/m0/s1. The molecule has 1 saturated heterocycles. The summed E-state index contributed by atoms with van der Waals surface area (Å²) >= 11 is 5.46. The third-order valence-corrected chi connectivity index (χ3v) is 10.0. The predicted molar refractivity (Wildman–Crippen MR) is 155 cm³/mol. The number of imide groups is 1. The summed E-state index contributed by atoms with van der Waals surface area (Å²) in [6, 6.07) is 18.8. The predicted octanol–water partition coefficient (Wildman–Crippen LogP) is 5.79. The number of halogens is 1. The third kappa shape index (κ3) is 4.55. The van der Waals surface area contributed by atoms with Gasteiger partial charge in [-0.05, 0) is 48.4 Å². The Morgan fingerprint density at radius 2 is 1.80 bits per heavy atom. The number of benzene rings is 3. The summed E-state index contributed by atoms with van der Waals surface area (Å²) in [5, 5.41) is 11.5. The molecule has 4 aromatic rings. The SMILES string of the molecule is Cc1ccccc1COc1ccc([N+](=O)[O-])cc1[C@@H]1c2sc(=O)[nH]c2S[C@H]2C(=O)N(c3ccc(Br)cc3)C(=O)[C@@H]12. The number of hydrogen-bond donors (Lipinski definition) is 1. The van der Waals surface area contributed by atoms with Crippen molar-refractivity contribution in [2.45, 2.75) is 29.7 Å². The second-order valence-corrected chi connectivity index (χ2v) is 12.5. The average molecular weight is 639 g/mol. The van der Waals surface area contributed by atoms with Crippen LogP contribution in [0.3, 0.4) is 0 Å². The molecule has 1 aromatic heterocycles. The van der Waals surface area contributed by atoms with E-state index >= 15 is 0 Å².